The van der Waals surface area contributed by atoms with Crippen LogP contribution in [0.2, 0.25) is 0 Å². The second-order valence-corrected chi connectivity index (χ2v) is 4.83. The van der Waals surface area contributed by atoms with Gasteiger partial charge in [-0.15, -0.1) is 5.73 Å². The zero-order chi connectivity index (χ0) is 12.0. The van der Waals surface area contributed by atoms with Crippen LogP contribution in [-0.4, -0.2) is 0 Å². The summed E-state index contributed by atoms with van der Waals surface area (Å²) in [6.45, 7) is 8.65. The van der Waals surface area contributed by atoms with Gasteiger partial charge in [0.1, 0.15) is 0 Å². The van der Waals surface area contributed by atoms with E-state index in [2.05, 4.69) is 50.8 Å². The molecule has 1 rings (SSSR count). The summed E-state index contributed by atoms with van der Waals surface area (Å²) in [6.07, 6.45) is 6.00. The van der Waals surface area contributed by atoms with Crippen molar-refractivity contribution in [2.75, 3.05) is 0 Å². The first kappa shape index (κ1) is 12.5. The fourth-order valence-electron chi connectivity index (χ4n) is 1.57. The van der Waals surface area contributed by atoms with Gasteiger partial charge in [0.2, 0.25) is 0 Å². The van der Waals surface area contributed by atoms with E-state index in [1.54, 1.807) is 0 Å². The molecule has 0 aliphatic heterocycles. The maximum atomic E-state index is 3.38. The molecule has 0 atom stereocenters. The summed E-state index contributed by atoms with van der Waals surface area (Å²) in [5.74, 6) is 0. The van der Waals surface area contributed by atoms with Gasteiger partial charge in [0.25, 0.3) is 0 Å². The molecular formula is C16H20. The van der Waals surface area contributed by atoms with Crippen molar-refractivity contribution in [3.05, 3.63) is 59.9 Å². The molecule has 0 saturated heterocycles. The van der Waals surface area contributed by atoms with Crippen molar-refractivity contribution in [3.63, 3.8) is 0 Å². The van der Waals surface area contributed by atoms with E-state index >= 15 is 0 Å². The second-order valence-electron chi connectivity index (χ2n) is 4.83. The van der Waals surface area contributed by atoms with E-state index in [-0.39, 0.29) is 5.41 Å². The van der Waals surface area contributed by atoms with Crippen LogP contribution in [0.15, 0.2) is 54.3 Å². The molecule has 1 aromatic carbocycles. The molecule has 0 saturated carbocycles. The highest BCUT2D eigenvalue weighted by Crippen LogP contribution is 2.32. The molecule has 0 amide bonds. The normalized spacial score (nSPS) is 11.2. The molecule has 0 spiro atoms. The summed E-state index contributed by atoms with van der Waals surface area (Å²) in [5, 5.41) is 0. The zero-order valence-corrected chi connectivity index (χ0v) is 10.6. The van der Waals surface area contributed by atoms with E-state index in [9.17, 15) is 0 Å². The first-order valence-corrected chi connectivity index (χ1v) is 5.69. The summed E-state index contributed by atoms with van der Waals surface area (Å²) < 4.78 is 0. The zero-order valence-electron chi connectivity index (χ0n) is 10.6. The molecule has 0 aliphatic carbocycles. The molecule has 1 aromatic rings. The maximum Gasteiger partial charge on any atom is 0.00656 e. The molecule has 0 unspecified atom stereocenters. The standard InChI is InChI=1S/C16H20/c1-5-6-8-13-15(16(2,3)4)14-11-9-7-10-12-14/h5-12H,1-4H3/b6-5-. The lowest BCUT2D eigenvalue weighted by atomic mass is 9.82. The lowest BCUT2D eigenvalue weighted by molar-refractivity contribution is 0.567. The highest BCUT2D eigenvalue weighted by atomic mass is 14.2. The number of allylic oxidation sites excluding steroid dienone is 3. The lowest BCUT2D eigenvalue weighted by Crippen LogP contribution is -2.07. The Kier molecular flexibility index (Phi) is 4.34. The Morgan fingerprint density at radius 2 is 1.75 bits per heavy atom. The molecule has 0 radical (unpaired) electrons. The molecule has 0 bridgehead atoms. The first-order valence-electron chi connectivity index (χ1n) is 5.69. The van der Waals surface area contributed by atoms with Gasteiger partial charge in [0.15, 0.2) is 0 Å². The monoisotopic (exact) mass is 212 g/mol. The fourth-order valence-corrected chi connectivity index (χ4v) is 1.57. The second kappa shape index (κ2) is 5.53. The van der Waals surface area contributed by atoms with Crippen LogP contribution in [0, 0.1) is 5.41 Å². The quantitative estimate of drug-likeness (QED) is 0.485. The molecule has 0 nitrogen and oxygen atoms in total. The highest BCUT2D eigenvalue weighted by Gasteiger charge is 2.17. The minimum absolute atomic E-state index is 0.111. The van der Waals surface area contributed by atoms with Crippen molar-refractivity contribution in [3.8, 4) is 0 Å². The van der Waals surface area contributed by atoms with E-state index in [0.717, 1.165) is 0 Å². The van der Waals surface area contributed by atoms with Gasteiger partial charge in [-0.1, -0.05) is 63.3 Å². The Bertz CT molecular complexity index is 407. The van der Waals surface area contributed by atoms with Crippen LogP contribution in [-0.2, 0) is 0 Å². The molecule has 0 N–H and O–H groups in total. The van der Waals surface area contributed by atoms with Gasteiger partial charge in [-0.25, -0.2) is 0 Å². The van der Waals surface area contributed by atoms with Gasteiger partial charge in [-0.05, 0) is 24.0 Å². The Balaban J connectivity index is 3.23. The number of benzene rings is 1. The largest absolute Gasteiger partial charge is 0.116 e. The average molecular weight is 212 g/mol. The number of rotatable bonds is 2. The Labute approximate surface area is 99.0 Å². The number of hydrogen-bond acceptors (Lipinski definition) is 0. The van der Waals surface area contributed by atoms with E-state index in [1.807, 2.05) is 31.2 Å². The molecular weight excluding hydrogens is 192 g/mol. The third-order valence-electron chi connectivity index (χ3n) is 2.33. The van der Waals surface area contributed by atoms with E-state index in [0.29, 0.717) is 0 Å². The van der Waals surface area contributed by atoms with Gasteiger partial charge in [0, 0.05) is 5.57 Å². The molecule has 0 heteroatoms. The SMILES string of the molecule is C/C=C\C=C=C(c1ccccc1)C(C)(C)C. The van der Waals surface area contributed by atoms with E-state index in [4.69, 9.17) is 0 Å². The summed E-state index contributed by atoms with van der Waals surface area (Å²) in [5.41, 5.74) is 5.98. The van der Waals surface area contributed by atoms with Crippen molar-refractivity contribution in [2.45, 2.75) is 27.7 Å². The molecule has 0 aliphatic rings. The molecule has 16 heavy (non-hydrogen) atoms. The smallest absolute Gasteiger partial charge is 0.00656 e. The topological polar surface area (TPSA) is 0 Å². The van der Waals surface area contributed by atoms with Crippen LogP contribution in [0.4, 0.5) is 0 Å². The molecule has 0 fully saturated rings. The summed E-state index contributed by atoms with van der Waals surface area (Å²) >= 11 is 0. The van der Waals surface area contributed by atoms with E-state index in [1.165, 1.54) is 11.1 Å². The third kappa shape index (κ3) is 3.56. The Morgan fingerprint density at radius 1 is 1.12 bits per heavy atom. The summed E-state index contributed by atoms with van der Waals surface area (Å²) in [7, 11) is 0. The van der Waals surface area contributed by atoms with Gasteiger partial charge in [0.05, 0.1) is 0 Å². The van der Waals surface area contributed by atoms with Crippen LogP contribution in [0.1, 0.15) is 33.3 Å². The lowest BCUT2D eigenvalue weighted by Gasteiger charge is -2.21. The predicted octanol–water partition coefficient (Wildman–Crippen LogP) is 4.85. The first-order chi connectivity index (χ1) is 7.55. The van der Waals surface area contributed by atoms with Crippen LogP contribution in [0.25, 0.3) is 5.57 Å². The van der Waals surface area contributed by atoms with Crippen LogP contribution in [0.5, 0.6) is 0 Å². The van der Waals surface area contributed by atoms with Gasteiger partial charge >= 0.3 is 0 Å². The maximum absolute atomic E-state index is 3.38. The Morgan fingerprint density at radius 3 is 2.25 bits per heavy atom. The summed E-state index contributed by atoms with van der Waals surface area (Å²) in [6, 6.07) is 10.4. The molecule has 0 heterocycles. The fraction of sp³-hybridized carbons (Fsp3) is 0.312. The average Bonchev–Trinajstić information content (AvgIpc) is 2.24. The Hall–Kier alpha value is -1.52. The van der Waals surface area contributed by atoms with Crippen LogP contribution < -0.4 is 0 Å². The predicted molar refractivity (Wildman–Crippen MR) is 72.2 cm³/mol. The minimum Gasteiger partial charge on any atom is -0.116 e. The minimum atomic E-state index is 0.111. The number of hydrogen-bond donors (Lipinski definition) is 0. The van der Waals surface area contributed by atoms with Crippen molar-refractivity contribution in [1.82, 2.24) is 0 Å². The van der Waals surface area contributed by atoms with Crippen LogP contribution in [0.3, 0.4) is 0 Å². The van der Waals surface area contributed by atoms with Crippen molar-refractivity contribution in [2.24, 2.45) is 5.41 Å². The van der Waals surface area contributed by atoms with Crippen molar-refractivity contribution < 1.29 is 0 Å². The van der Waals surface area contributed by atoms with Crippen molar-refractivity contribution >= 4 is 5.57 Å². The van der Waals surface area contributed by atoms with Gasteiger partial charge in [-0.3, -0.25) is 0 Å². The van der Waals surface area contributed by atoms with Crippen molar-refractivity contribution in [1.29, 1.82) is 0 Å². The van der Waals surface area contributed by atoms with Gasteiger partial charge < -0.3 is 0 Å². The molecule has 0 aromatic heterocycles. The third-order valence-corrected chi connectivity index (χ3v) is 2.33. The van der Waals surface area contributed by atoms with Gasteiger partial charge in [-0.2, -0.15) is 0 Å². The van der Waals surface area contributed by atoms with Crippen LogP contribution >= 0.6 is 0 Å². The molecule has 84 valence electrons. The highest BCUT2D eigenvalue weighted by molar-refractivity contribution is 5.69. The van der Waals surface area contributed by atoms with E-state index < -0.39 is 0 Å². The summed E-state index contributed by atoms with van der Waals surface area (Å²) in [4.78, 5) is 0.